The first-order chi connectivity index (χ1) is 6.74. The highest BCUT2D eigenvalue weighted by Crippen LogP contribution is 2.35. The Balaban J connectivity index is 2.38. The van der Waals surface area contributed by atoms with Gasteiger partial charge in [-0.25, -0.2) is 4.79 Å². The van der Waals surface area contributed by atoms with Crippen LogP contribution < -0.4 is 5.32 Å². The number of carbonyl (C=O) groups is 1. The fourth-order valence-corrected chi connectivity index (χ4v) is 1.84. The average Bonchev–Trinajstić information content (AvgIpc) is 2.56. The maximum Gasteiger partial charge on any atom is 0.326 e. The van der Waals surface area contributed by atoms with E-state index < -0.39 is 12.0 Å². The van der Waals surface area contributed by atoms with Gasteiger partial charge in [-0.3, -0.25) is 0 Å². The molecular formula is C10H11NO3. The van der Waals surface area contributed by atoms with Crippen molar-refractivity contribution in [1.82, 2.24) is 0 Å². The van der Waals surface area contributed by atoms with Crippen LogP contribution in [-0.2, 0) is 4.79 Å². The molecule has 2 rings (SSSR count). The molecule has 4 heteroatoms. The van der Waals surface area contributed by atoms with Gasteiger partial charge in [-0.15, -0.1) is 0 Å². The third-order valence-electron chi connectivity index (χ3n) is 2.54. The first kappa shape index (κ1) is 9.02. The lowest BCUT2D eigenvalue weighted by Gasteiger charge is -2.12. The van der Waals surface area contributed by atoms with Gasteiger partial charge in [-0.1, -0.05) is 18.2 Å². The molecule has 74 valence electrons. The Morgan fingerprint density at radius 1 is 1.43 bits per heavy atom. The van der Waals surface area contributed by atoms with Crippen molar-refractivity contribution in [3.8, 4) is 0 Å². The first-order valence-corrected chi connectivity index (χ1v) is 4.43. The van der Waals surface area contributed by atoms with E-state index in [0.717, 1.165) is 11.3 Å². The van der Waals surface area contributed by atoms with Gasteiger partial charge in [0.05, 0.1) is 6.61 Å². The molecule has 0 amide bonds. The molecule has 0 bridgehead atoms. The number of aliphatic hydroxyl groups is 1. The van der Waals surface area contributed by atoms with Crippen LogP contribution in [0.5, 0.6) is 0 Å². The molecule has 1 heterocycles. The zero-order valence-electron chi connectivity index (χ0n) is 7.47. The van der Waals surface area contributed by atoms with Crippen molar-refractivity contribution in [2.45, 2.75) is 12.0 Å². The number of carboxylic acid groups (broad SMARTS) is 1. The summed E-state index contributed by atoms with van der Waals surface area (Å²) < 4.78 is 0. The number of hydrogen-bond acceptors (Lipinski definition) is 3. The predicted octanol–water partition coefficient (Wildman–Crippen LogP) is 0.641. The Morgan fingerprint density at radius 2 is 2.14 bits per heavy atom. The summed E-state index contributed by atoms with van der Waals surface area (Å²) >= 11 is 0. The molecule has 0 radical (unpaired) electrons. The quantitative estimate of drug-likeness (QED) is 0.644. The van der Waals surface area contributed by atoms with E-state index >= 15 is 0 Å². The Labute approximate surface area is 81.2 Å². The van der Waals surface area contributed by atoms with Crippen LogP contribution in [0.25, 0.3) is 0 Å². The molecular weight excluding hydrogens is 182 g/mol. The van der Waals surface area contributed by atoms with Crippen molar-refractivity contribution < 1.29 is 15.0 Å². The van der Waals surface area contributed by atoms with Gasteiger partial charge in [0.15, 0.2) is 0 Å². The second-order valence-corrected chi connectivity index (χ2v) is 3.34. The van der Waals surface area contributed by atoms with Crippen molar-refractivity contribution in [3.05, 3.63) is 29.8 Å². The van der Waals surface area contributed by atoms with E-state index in [-0.39, 0.29) is 12.5 Å². The van der Waals surface area contributed by atoms with E-state index in [4.69, 9.17) is 10.2 Å². The largest absolute Gasteiger partial charge is 0.480 e. The number of carboxylic acids is 1. The normalized spacial score (nSPS) is 24.1. The molecule has 0 saturated heterocycles. The number of anilines is 1. The number of benzene rings is 1. The van der Waals surface area contributed by atoms with Crippen LogP contribution in [0.3, 0.4) is 0 Å². The minimum absolute atomic E-state index is 0.152. The molecule has 0 aliphatic carbocycles. The second-order valence-electron chi connectivity index (χ2n) is 3.34. The number of aliphatic carboxylic acids is 1. The summed E-state index contributed by atoms with van der Waals surface area (Å²) in [6.07, 6.45) is 0. The van der Waals surface area contributed by atoms with Gasteiger partial charge < -0.3 is 15.5 Å². The Kier molecular flexibility index (Phi) is 2.13. The number of rotatable bonds is 2. The molecule has 2 unspecified atom stereocenters. The molecule has 4 nitrogen and oxygen atoms in total. The van der Waals surface area contributed by atoms with E-state index in [2.05, 4.69) is 5.32 Å². The van der Waals surface area contributed by atoms with E-state index in [1.54, 1.807) is 0 Å². The highest BCUT2D eigenvalue weighted by atomic mass is 16.4. The monoisotopic (exact) mass is 193 g/mol. The molecule has 14 heavy (non-hydrogen) atoms. The van der Waals surface area contributed by atoms with Gasteiger partial charge in [0.2, 0.25) is 0 Å². The summed E-state index contributed by atoms with van der Waals surface area (Å²) in [6, 6.07) is 6.63. The lowest BCUT2D eigenvalue weighted by atomic mass is 9.96. The van der Waals surface area contributed by atoms with Gasteiger partial charge in [-0.05, 0) is 11.6 Å². The third-order valence-corrected chi connectivity index (χ3v) is 2.54. The number of nitrogens with one attached hydrogen (secondary N) is 1. The molecule has 0 saturated carbocycles. The SMILES string of the molecule is O=C(O)C1Nc2ccccc2C1CO. The van der Waals surface area contributed by atoms with Crippen LogP contribution in [0, 0.1) is 0 Å². The van der Waals surface area contributed by atoms with Crippen molar-refractivity contribution in [3.63, 3.8) is 0 Å². The van der Waals surface area contributed by atoms with Crippen LogP contribution >= 0.6 is 0 Å². The molecule has 1 aliphatic rings. The lowest BCUT2D eigenvalue weighted by molar-refractivity contribution is -0.138. The van der Waals surface area contributed by atoms with E-state index in [1.807, 2.05) is 24.3 Å². The standard InChI is InChI=1S/C10H11NO3/c12-5-7-6-3-1-2-4-8(6)11-9(7)10(13)14/h1-4,7,9,11-12H,5H2,(H,13,14). The van der Waals surface area contributed by atoms with Gasteiger partial charge in [0.1, 0.15) is 6.04 Å². The third kappa shape index (κ3) is 1.24. The molecule has 1 aromatic rings. The van der Waals surface area contributed by atoms with E-state index in [1.165, 1.54) is 0 Å². The van der Waals surface area contributed by atoms with Crippen molar-refractivity contribution in [2.24, 2.45) is 0 Å². The minimum Gasteiger partial charge on any atom is -0.480 e. The zero-order chi connectivity index (χ0) is 10.1. The Bertz CT molecular complexity index is 364. The molecule has 0 spiro atoms. The van der Waals surface area contributed by atoms with Crippen LogP contribution in [0.2, 0.25) is 0 Å². The Morgan fingerprint density at radius 3 is 2.79 bits per heavy atom. The molecule has 0 aromatic heterocycles. The average molecular weight is 193 g/mol. The summed E-state index contributed by atoms with van der Waals surface area (Å²) in [5.41, 5.74) is 1.68. The fraction of sp³-hybridized carbons (Fsp3) is 0.300. The summed E-state index contributed by atoms with van der Waals surface area (Å²) in [7, 11) is 0. The zero-order valence-corrected chi connectivity index (χ0v) is 7.47. The first-order valence-electron chi connectivity index (χ1n) is 4.43. The summed E-state index contributed by atoms with van der Waals surface area (Å²) in [5, 5.41) is 20.9. The number of para-hydroxylation sites is 1. The Hall–Kier alpha value is -1.55. The molecule has 1 aromatic carbocycles. The molecule has 0 fully saturated rings. The highest BCUT2D eigenvalue weighted by Gasteiger charge is 2.36. The van der Waals surface area contributed by atoms with Gasteiger partial charge in [0, 0.05) is 11.6 Å². The van der Waals surface area contributed by atoms with Gasteiger partial charge in [-0.2, -0.15) is 0 Å². The van der Waals surface area contributed by atoms with E-state index in [9.17, 15) is 4.79 Å². The molecule has 1 aliphatic heterocycles. The smallest absolute Gasteiger partial charge is 0.326 e. The molecule has 3 N–H and O–H groups in total. The van der Waals surface area contributed by atoms with Gasteiger partial charge in [0.25, 0.3) is 0 Å². The topological polar surface area (TPSA) is 69.6 Å². The number of aliphatic hydroxyl groups excluding tert-OH is 1. The highest BCUT2D eigenvalue weighted by molar-refractivity contribution is 5.82. The number of fused-ring (bicyclic) bond motifs is 1. The lowest BCUT2D eigenvalue weighted by Crippen LogP contribution is -2.31. The maximum atomic E-state index is 10.9. The van der Waals surface area contributed by atoms with E-state index in [0.29, 0.717) is 0 Å². The van der Waals surface area contributed by atoms with Gasteiger partial charge >= 0.3 is 5.97 Å². The van der Waals surface area contributed by atoms with Crippen LogP contribution in [0.4, 0.5) is 5.69 Å². The maximum absolute atomic E-state index is 10.9. The molecule has 2 atom stereocenters. The van der Waals surface area contributed by atoms with Crippen molar-refractivity contribution in [1.29, 1.82) is 0 Å². The minimum atomic E-state index is -0.930. The predicted molar refractivity (Wildman–Crippen MR) is 51.3 cm³/mol. The van der Waals surface area contributed by atoms with Crippen LogP contribution in [0.1, 0.15) is 11.5 Å². The van der Waals surface area contributed by atoms with Crippen LogP contribution in [-0.4, -0.2) is 28.8 Å². The summed E-state index contributed by atoms with van der Waals surface area (Å²) in [6.45, 7) is -0.152. The van der Waals surface area contributed by atoms with Crippen molar-refractivity contribution in [2.75, 3.05) is 11.9 Å². The van der Waals surface area contributed by atoms with Crippen molar-refractivity contribution >= 4 is 11.7 Å². The summed E-state index contributed by atoms with van der Waals surface area (Å²) in [5.74, 6) is -1.27. The summed E-state index contributed by atoms with van der Waals surface area (Å²) in [4.78, 5) is 10.9. The number of hydrogen-bond donors (Lipinski definition) is 3. The fourth-order valence-electron chi connectivity index (χ4n) is 1.84. The second kappa shape index (κ2) is 3.31. The van der Waals surface area contributed by atoms with Crippen LogP contribution in [0.15, 0.2) is 24.3 Å².